The van der Waals surface area contributed by atoms with Crippen molar-refractivity contribution in [3.63, 3.8) is 0 Å². The average molecular weight is 251 g/mol. The summed E-state index contributed by atoms with van der Waals surface area (Å²) in [5.41, 5.74) is 2.46. The summed E-state index contributed by atoms with van der Waals surface area (Å²) in [6.07, 6.45) is 5.15. The smallest absolute Gasteiger partial charge is 0.257 e. The van der Waals surface area contributed by atoms with E-state index in [1.165, 1.54) is 0 Å². The van der Waals surface area contributed by atoms with Crippen molar-refractivity contribution in [2.75, 3.05) is 5.32 Å². The van der Waals surface area contributed by atoms with E-state index in [0.29, 0.717) is 5.56 Å². The Morgan fingerprint density at radius 2 is 1.89 bits per heavy atom. The second kappa shape index (κ2) is 4.57. The second-order valence-electron chi connectivity index (χ2n) is 4.36. The van der Waals surface area contributed by atoms with Crippen molar-refractivity contribution in [3.8, 4) is 0 Å². The van der Waals surface area contributed by atoms with Gasteiger partial charge in [0.2, 0.25) is 0 Å². The van der Waals surface area contributed by atoms with Crippen molar-refractivity contribution in [3.05, 3.63) is 60.6 Å². The van der Waals surface area contributed by atoms with Crippen molar-refractivity contribution in [2.24, 2.45) is 7.05 Å². The van der Waals surface area contributed by atoms with Crippen LogP contribution in [-0.2, 0) is 7.05 Å². The van der Waals surface area contributed by atoms with Crippen LogP contribution in [0.1, 0.15) is 10.4 Å². The number of aryl methyl sites for hydroxylation is 1. The second-order valence-corrected chi connectivity index (χ2v) is 4.36. The topological polar surface area (TPSA) is 46.9 Å². The summed E-state index contributed by atoms with van der Waals surface area (Å²) in [6.45, 7) is 0. The van der Waals surface area contributed by atoms with Gasteiger partial charge in [-0.05, 0) is 18.2 Å². The maximum Gasteiger partial charge on any atom is 0.257 e. The SMILES string of the molecule is Cn1cc(C(=O)Nc2ccncc2)c2ccccc21. The van der Waals surface area contributed by atoms with Gasteiger partial charge in [-0.1, -0.05) is 18.2 Å². The third-order valence-electron chi connectivity index (χ3n) is 3.08. The lowest BCUT2D eigenvalue weighted by Gasteiger charge is -2.03. The molecule has 0 spiro atoms. The molecule has 4 heteroatoms. The summed E-state index contributed by atoms with van der Waals surface area (Å²) in [7, 11) is 1.94. The molecule has 0 saturated carbocycles. The van der Waals surface area contributed by atoms with Gasteiger partial charge in [0.15, 0.2) is 0 Å². The minimum atomic E-state index is -0.108. The number of rotatable bonds is 2. The zero-order valence-electron chi connectivity index (χ0n) is 10.5. The maximum absolute atomic E-state index is 12.3. The highest BCUT2D eigenvalue weighted by atomic mass is 16.1. The Labute approximate surface area is 110 Å². The molecule has 0 bridgehead atoms. The Morgan fingerprint density at radius 1 is 1.16 bits per heavy atom. The van der Waals surface area contributed by atoms with Crippen molar-refractivity contribution in [1.82, 2.24) is 9.55 Å². The minimum Gasteiger partial charge on any atom is -0.350 e. The molecule has 0 saturated heterocycles. The molecule has 0 aliphatic carbocycles. The number of anilines is 1. The van der Waals surface area contributed by atoms with E-state index in [0.717, 1.165) is 16.6 Å². The Morgan fingerprint density at radius 3 is 2.68 bits per heavy atom. The van der Waals surface area contributed by atoms with Gasteiger partial charge >= 0.3 is 0 Å². The molecule has 1 aromatic carbocycles. The first-order chi connectivity index (χ1) is 9.25. The van der Waals surface area contributed by atoms with Gasteiger partial charge in [-0.2, -0.15) is 0 Å². The van der Waals surface area contributed by atoms with Crippen LogP contribution in [0.15, 0.2) is 55.0 Å². The van der Waals surface area contributed by atoms with Crippen LogP contribution in [0.3, 0.4) is 0 Å². The molecule has 0 atom stereocenters. The number of carbonyl (C=O) groups is 1. The monoisotopic (exact) mass is 251 g/mol. The van der Waals surface area contributed by atoms with Gasteiger partial charge in [-0.3, -0.25) is 9.78 Å². The van der Waals surface area contributed by atoms with E-state index in [1.54, 1.807) is 24.5 Å². The van der Waals surface area contributed by atoms with E-state index in [1.807, 2.05) is 42.1 Å². The third kappa shape index (κ3) is 2.08. The number of hydrogen-bond donors (Lipinski definition) is 1. The van der Waals surface area contributed by atoms with E-state index in [-0.39, 0.29) is 5.91 Å². The first-order valence-corrected chi connectivity index (χ1v) is 6.01. The molecule has 0 radical (unpaired) electrons. The fraction of sp³-hybridized carbons (Fsp3) is 0.0667. The van der Waals surface area contributed by atoms with Gasteiger partial charge in [-0.15, -0.1) is 0 Å². The van der Waals surface area contributed by atoms with Gasteiger partial charge in [-0.25, -0.2) is 0 Å². The van der Waals surface area contributed by atoms with Crippen molar-refractivity contribution < 1.29 is 4.79 Å². The average Bonchev–Trinajstić information content (AvgIpc) is 2.78. The molecule has 0 fully saturated rings. The number of aromatic nitrogens is 2. The molecule has 0 aliphatic rings. The minimum absolute atomic E-state index is 0.108. The molecule has 3 aromatic rings. The van der Waals surface area contributed by atoms with E-state index in [4.69, 9.17) is 0 Å². The molecule has 19 heavy (non-hydrogen) atoms. The van der Waals surface area contributed by atoms with Crippen LogP contribution < -0.4 is 5.32 Å². The van der Waals surface area contributed by atoms with Crippen LogP contribution in [0.4, 0.5) is 5.69 Å². The molecule has 0 aliphatic heterocycles. The Kier molecular flexibility index (Phi) is 2.76. The summed E-state index contributed by atoms with van der Waals surface area (Å²) in [5, 5.41) is 3.83. The van der Waals surface area contributed by atoms with E-state index in [9.17, 15) is 4.79 Å². The summed E-state index contributed by atoms with van der Waals surface area (Å²) < 4.78 is 1.96. The quantitative estimate of drug-likeness (QED) is 0.761. The number of hydrogen-bond acceptors (Lipinski definition) is 2. The normalized spacial score (nSPS) is 10.6. The zero-order chi connectivity index (χ0) is 13.2. The van der Waals surface area contributed by atoms with Gasteiger partial charge in [0, 0.05) is 42.2 Å². The number of nitrogens with zero attached hydrogens (tertiary/aromatic N) is 2. The van der Waals surface area contributed by atoms with Gasteiger partial charge in [0.05, 0.1) is 5.56 Å². The molecule has 1 amide bonds. The number of carbonyl (C=O) groups excluding carboxylic acids is 1. The highest BCUT2D eigenvalue weighted by Gasteiger charge is 2.13. The van der Waals surface area contributed by atoms with Gasteiger partial charge < -0.3 is 9.88 Å². The molecular weight excluding hydrogens is 238 g/mol. The molecule has 2 aromatic heterocycles. The Hall–Kier alpha value is -2.62. The number of benzene rings is 1. The first kappa shape index (κ1) is 11.5. The Bertz CT molecular complexity index is 731. The number of amides is 1. The molecule has 2 heterocycles. The fourth-order valence-electron chi connectivity index (χ4n) is 2.16. The highest BCUT2D eigenvalue weighted by Crippen LogP contribution is 2.21. The predicted octanol–water partition coefficient (Wildman–Crippen LogP) is 2.83. The molecule has 94 valence electrons. The largest absolute Gasteiger partial charge is 0.350 e. The summed E-state index contributed by atoms with van der Waals surface area (Å²) >= 11 is 0. The van der Waals surface area contributed by atoms with Crippen LogP contribution >= 0.6 is 0 Å². The lowest BCUT2D eigenvalue weighted by Crippen LogP contribution is -2.11. The maximum atomic E-state index is 12.3. The van der Waals surface area contributed by atoms with Gasteiger partial charge in [0.1, 0.15) is 0 Å². The van der Waals surface area contributed by atoms with E-state index >= 15 is 0 Å². The van der Waals surface area contributed by atoms with Crippen LogP contribution in [-0.4, -0.2) is 15.5 Å². The number of fused-ring (bicyclic) bond motifs is 1. The number of para-hydroxylation sites is 1. The lowest BCUT2D eigenvalue weighted by atomic mass is 10.1. The van der Waals surface area contributed by atoms with E-state index in [2.05, 4.69) is 10.3 Å². The molecule has 0 unspecified atom stereocenters. The molecule has 4 nitrogen and oxygen atoms in total. The highest BCUT2D eigenvalue weighted by molar-refractivity contribution is 6.12. The zero-order valence-corrected chi connectivity index (χ0v) is 10.5. The fourth-order valence-corrected chi connectivity index (χ4v) is 2.16. The standard InChI is InChI=1S/C15H13N3O/c1-18-10-13(12-4-2-3-5-14(12)18)15(19)17-11-6-8-16-9-7-11/h2-10H,1H3,(H,16,17,19). The van der Waals surface area contributed by atoms with Crippen molar-refractivity contribution >= 4 is 22.5 Å². The van der Waals surface area contributed by atoms with Crippen LogP contribution in [0.5, 0.6) is 0 Å². The van der Waals surface area contributed by atoms with Crippen molar-refractivity contribution in [2.45, 2.75) is 0 Å². The van der Waals surface area contributed by atoms with Crippen LogP contribution in [0.2, 0.25) is 0 Å². The summed E-state index contributed by atoms with van der Waals surface area (Å²) in [6, 6.07) is 11.4. The molecule has 1 N–H and O–H groups in total. The van der Waals surface area contributed by atoms with Crippen LogP contribution in [0.25, 0.3) is 10.9 Å². The lowest BCUT2D eigenvalue weighted by molar-refractivity contribution is 0.102. The van der Waals surface area contributed by atoms with Crippen LogP contribution in [0, 0.1) is 0 Å². The molecular formula is C15H13N3O. The molecule has 3 rings (SSSR count). The van der Waals surface area contributed by atoms with E-state index < -0.39 is 0 Å². The summed E-state index contributed by atoms with van der Waals surface area (Å²) in [5.74, 6) is -0.108. The van der Waals surface area contributed by atoms with Crippen molar-refractivity contribution in [1.29, 1.82) is 0 Å². The number of nitrogens with one attached hydrogen (secondary N) is 1. The van der Waals surface area contributed by atoms with Gasteiger partial charge in [0.25, 0.3) is 5.91 Å². The third-order valence-corrected chi connectivity index (χ3v) is 3.08. The summed E-state index contributed by atoms with van der Waals surface area (Å²) in [4.78, 5) is 16.2. The number of pyridine rings is 1. The Balaban J connectivity index is 1.98. The first-order valence-electron chi connectivity index (χ1n) is 6.01. The predicted molar refractivity (Wildman–Crippen MR) is 75.1 cm³/mol.